The fraction of sp³-hybridized carbons (Fsp3) is 0. The Labute approximate surface area is 109 Å². The summed E-state index contributed by atoms with van der Waals surface area (Å²) in [5.74, 6) is 0. The maximum Gasteiger partial charge on any atom is 1.00 e. The van der Waals surface area contributed by atoms with Gasteiger partial charge in [-0.1, -0.05) is 0 Å². The number of hydrogen-bond donors (Lipinski definition) is 4. The van der Waals surface area contributed by atoms with E-state index in [4.69, 9.17) is 35.0 Å². The summed E-state index contributed by atoms with van der Waals surface area (Å²) < 4.78 is 63.2. The molecule has 0 saturated carbocycles. The Kier molecular flexibility index (Phi) is 28.6. The van der Waals surface area contributed by atoms with Crippen LogP contribution < -0.4 is 37.7 Å². The van der Waals surface area contributed by atoms with Crippen molar-refractivity contribution in [2.75, 3.05) is 0 Å². The molecule has 8 nitrogen and oxygen atoms in total. The third kappa shape index (κ3) is 3790. The van der Waals surface area contributed by atoms with Gasteiger partial charge in [0, 0.05) is 0 Å². The van der Waals surface area contributed by atoms with Crippen LogP contribution in [-0.2, 0) is 20.8 Å². The average molecular weight is 240 g/mol. The van der Waals surface area contributed by atoms with Crippen LogP contribution >= 0.6 is 0 Å². The molecule has 0 heterocycles. The monoisotopic (exact) mass is 240 g/mol. The van der Waals surface area contributed by atoms with Gasteiger partial charge in [-0.15, -0.1) is 13.2 Å². The Hall–Kier alpha value is 0.675. The van der Waals surface area contributed by atoms with Crippen molar-refractivity contribution in [1.82, 2.24) is 0 Å². The van der Waals surface area contributed by atoms with Gasteiger partial charge < -0.3 is 2.85 Å². The van der Waals surface area contributed by atoms with E-state index in [2.05, 4.69) is 13.2 Å². The molecule has 14 heavy (non-hydrogen) atoms. The first-order chi connectivity index (χ1) is 5.00. The molecular weight excluding hydrogens is 230 g/mol. The minimum absolute atomic E-state index is 0. The fourth-order valence-corrected chi connectivity index (χ4v) is 0. The molecule has 0 spiro atoms. The van der Waals surface area contributed by atoms with Crippen LogP contribution in [0.1, 0.15) is 2.85 Å². The Morgan fingerprint density at radius 1 is 0.714 bits per heavy atom. The van der Waals surface area contributed by atoms with Gasteiger partial charge in [0.1, 0.15) is 0 Å². The second-order valence-corrected chi connectivity index (χ2v) is 2.69. The molecule has 0 rings (SSSR count). The van der Waals surface area contributed by atoms with Crippen LogP contribution in [0.2, 0.25) is 0 Å². The predicted octanol–water partition coefficient (Wildman–Crippen LogP) is -6.27. The van der Waals surface area contributed by atoms with Crippen LogP contribution in [0.3, 0.4) is 0 Å². The Balaban J connectivity index is -0.0000000144. The van der Waals surface area contributed by atoms with Crippen LogP contribution in [0, 0.1) is 0 Å². The zero-order chi connectivity index (χ0) is 11.0. The van der Waals surface area contributed by atoms with Crippen molar-refractivity contribution < 1.29 is 75.6 Å². The van der Waals surface area contributed by atoms with Crippen LogP contribution in [0.4, 0.5) is 0 Å². The van der Waals surface area contributed by atoms with Gasteiger partial charge >= 0.3 is 58.5 Å². The third-order valence-electron chi connectivity index (χ3n) is 0. The largest absolute Gasteiger partial charge is 1.00 e. The number of rotatable bonds is 0. The summed E-state index contributed by atoms with van der Waals surface area (Å²) in [5, 5.41) is 0. The van der Waals surface area contributed by atoms with Gasteiger partial charge in [0.25, 0.3) is 0 Å². The molecule has 0 saturated heterocycles. The van der Waals surface area contributed by atoms with Gasteiger partial charge in [-0.2, -0.15) is 16.8 Å². The molecule has 4 N–H and O–H groups in total. The molecule has 0 bridgehead atoms. The first-order valence-electron chi connectivity index (χ1n) is 1.90. The van der Waals surface area contributed by atoms with Crippen molar-refractivity contribution in [3.8, 4) is 0 Å². The topological polar surface area (TPSA) is 149 Å². The van der Waals surface area contributed by atoms with Crippen molar-refractivity contribution in [1.29, 1.82) is 0 Å². The molecule has 0 aromatic rings. The second-order valence-electron chi connectivity index (χ2n) is 0.896. The molecule has 0 radical (unpaired) electrons. The maximum atomic E-state index is 8.74. The zero-order valence-corrected chi connectivity index (χ0v) is 9.29. The minimum Gasteiger partial charge on any atom is -1.00 e. The molecule has 0 aliphatic carbocycles. The summed E-state index contributed by atoms with van der Waals surface area (Å²) in [6, 6.07) is 0. The molecule has 80 valence electrons. The summed E-state index contributed by atoms with van der Waals surface area (Å²) in [4.78, 5) is 0. The van der Waals surface area contributed by atoms with E-state index in [1.54, 1.807) is 0 Å². The van der Waals surface area contributed by atoms with Crippen molar-refractivity contribution in [3.63, 3.8) is 0 Å². The minimum atomic E-state index is -4.67. The Morgan fingerprint density at radius 2 is 0.714 bits per heavy atom. The van der Waals surface area contributed by atoms with Crippen LogP contribution in [0.25, 0.3) is 0 Å². The average Bonchev–Trinajstić information content (AvgIpc) is 1.59. The molecule has 0 aliphatic rings. The first-order valence-corrected chi connectivity index (χ1v) is 4.69. The Morgan fingerprint density at radius 3 is 0.714 bits per heavy atom. The second kappa shape index (κ2) is 13.7. The van der Waals surface area contributed by atoms with E-state index >= 15 is 0 Å². The van der Waals surface area contributed by atoms with Gasteiger partial charge in [-0.05, 0) is 0 Å². The van der Waals surface area contributed by atoms with Crippen LogP contribution in [0.5, 0.6) is 0 Å². The van der Waals surface area contributed by atoms with Crippen molar-refractivity contribution in [2.24, 2.45) is 0 Å². The van der Waals surface area contributed by atoms with E-state index in [9.17, 15) is 0 Å². The maximum absolute atomic E-state index is 8.74. The smallest absolute Gasteiger partial charge is 1.00 e. The molecule has 0 amide bonds. The van der Waals surface area contributed by atoms with Gasteiger partial charge in [-0.3, -0.25) is 18.2 Å². The summed E-state index contributed by atoms with van der Waals surface area (Å²) in [5.41, 5.74) is 0. The number of hydrogen-bond acceptors (Lipinski definition) is 4. The third-order valence-corrected chi connectivity index (χ3v) is 0. The Bertz CT molecular complexity index is 241. The molecule has 0 aromatic heterocycles. The van der Waals surface area contributed by atoms with Crippen LogP contribution in [0.15, 0.2) is 13.2 Å². The van der Waals surface area contributed by atoms with Crippen molar-refractivity contribution in [3.05, 3.63) is 13.2 Å². The summed E-state index contributed by atoms with van der Waals surface area (Å²) in [6.45, 7) is 6.00. The SMILES string of the molecule is C=C.O=S(=O)(O)O.O=S(=O)(O)O.[H-].[H-].[Li+].[Li+]. The molecule has 0 aromatic carbocycles. The van der Waals surface area contributed by atoms with E-state index < -0.39 is 20.8 Å². The standard InChI is InChI=1S/C2H4.2Li.2H2O4S.2H/c1-2;;;2*1-5(2,3)4;;/h1-2H2;;;2*(H2,1,2,3,4);;/q;2*+1;;;2*-1. The summed E-state index contributed by atoms with van der Waals surface area (Å²) in [7, 11) is -9.33. The van der Waals surface area contributed by atoms with E-state index in [-0.39, 0.29) is 40.6 Å². The zero-order valence-electron chi connectivity index (χ0n) is 9.65. The predicted molar refractivity (Wildman–Crippen MR) is 41.8 cm³/mol. The van der Waals surface area contributed by atoms with E-state index in [0.717, 1.165) is 0 Å². The van der Waals surface area contributed by atoms with Gasteiger partial charge in [0.15, 0.2) is 0 Å². The molecule has 12 heteroatoms. The molecule has 0 fully saturated rings. The van der Waals surface area contributed by atoms with Crippen molar-refractivity contribution >= 4 is 20.8 Å². The van der Waals surface area contributed by atoms with Gasteiger partial charge in [-0.25, -0.2) is 0 Å². The molecule has 0 atom stereocenters. The molecular formula is C2H10Li2O8S2. The molecule has 0 unspecified atom stereocenters. The normalized spacial score (nSPS) is 8.57. The molecule has 0 aliphatic heterocycles. The van der Waals surface area contributed by atoms with Gasteiger partial charge in [0.05, 0.1) is 0 Å². The van der Waals surface area contributed by atoms with E-state index in [1.807, 2.05) is 0 Å². The van der Waals surface area contributed by atoms with Crippen LogP contribution in [-0.4, -0.2) is 35.0 Å². The van der Waals surface area contributed by atoms with Gasteiger partial charge in [0.2, 0.25) is 0 Å². The summed E-state index contributed by atoms with van der Waals surface area (Å²) >= 11 is 0. The quantitative estimate of drug-likeness (QED) is 0.185. The summed E-state index contributed by atoms with van der Waals surface area (Å²) in [6.07, 6.45) is 0. The van der Waals surface area contributed by atoms with Crippen molar-refractivity contribution in [2.45, 2.75) is 0 Å². The van der Waals surface area contributed by atoms with E-state index in [1.165, 1.54) is 0 Å². The van der Waals surface area contributed by atoms with E-state index in [0.29, 0.717) is 0 Å². The fourth-order valence-electron chi connectivity index (χ4n) is 0. The first kappa shape index (κ1) is 29.3.